The first-order valence-corrected chi connectivity index (χ1v) is 12.2. The summed E-state index contributed by atoms with van der Waals surface area (Å²) < 4.78 is 0. The molecule has 0 amide bonds. The highest BCUT2D eigenvalue weighted by molar-refractivity contribution is 5.86. The van der Waals surface area contributed by atoms with Crippen molar-refractivity contribution >= 4 is 43.3 Å². The van der Waals surface area contributed by atoms with Crippen molar-refractivity contribution in [3.63, 3.8) is 0 Å². The Morgan fingerprint density at radius 2 is 1.57 bits per heavy atom. The van der Waals surface area contributed by atoms with Crippen molar-refractivity contribution in [3.05, 3.63) is 71.8 Å². The fourth-order valence-electron chi connectivity index (χ4n) is 3.84. The summed E-state index contributed by atoms with van der Waals surface area (Å²) in [5, 5.41) is 17.1. The number of benzene rings is 2. The molecule has 2 aromatic carbocycles. The van der Waals surface area contributed by atoms with Gasteiger partial charge < -0.3 is 21.5 Å². The van der Waals surface area contributed by atoms with Crippen molar-refractivity contribution in [1.29, 1.82) is 0 Å². The first kappa shape index (κ1) is 35.9. The topological polar surface area (TPSA) is 70.3 Å². The van der Waals surface area contributed by atoms with Crippen LogP contribution in [0.4, 0.5) is 0 Å². The summed E-state index contributed by atoms with van der Waals surface area (Å²) >= 11 is 0. The van der Waals surface area contributed by atoms with Crippen LogP contribution in [-0.4, -0.2) is 36.3 Å². The van der Waals surface area contributed by atoms with Crippen LogP contribution >= 0.6 is 37.2 Å². The zero-order valence-electron chi connectivity index (χ0n) is 21.4. The number of hydrogen-bond acceptors (Lipinski definition) is 4. The standard InChI is InChI=1S/C28H43N3O.3ClH/c1-4-5-11-25(29)20-30-27(19-24-13-16-28(32)17-14-24)21-31-26(18-22(2)3)15-12-23-9-7-6-8-10-23;;;/h6-10,12-17,22,25-27,30-32H,4-5,11,18-21,29H2,1-3H3;3*1H/t25-,26+,27-;;;/m0.../s1. The Kier molecular flexibility index (Phi) is 21.4. The molecule has 0 heterocycles. The van der Waals surface area contributed by atoms with Gasteiger partial charge in [-0.25, -0.2) is 0 Å². The quantitative estimate of drug-likeness (QED) is 0.209. The summed E-state index contributed by atoms with van der Waals surface area (Å²) in [6.45, 7) is 8.42. The summed E-state index contributed by atoms with van der Waals surface area (Å²) in [5.74, 6) is 0.917. The molecule has 0 spiro atoms. The Morgan fingerprint density at radius 3 is 2.17 bits per heavy atom. The van der Waals surface area contributed by atoms with Gasteiger partial charge >= 0.3 is 0 Å². The average Bonchev–Trinajstić information content (AvgIpc) is 2.79. The number of nitrogens with two attached hydrogens (primary N) is 1. The summed E-state index contributed by atoms with van der Waals surface area (Å²) in [4.78, 5) is 0. The van der Waals surface area contributed by atoms with Crippen LogP contribution in [0.1, 0.15) is 57.6 Å². The Hall–Kier alpha value is -1.27. The summed E-state index contributed by atoms with van der Waals surface area (Å²) in [5.41, 5.74) is 8.77. The highest BCUT2D eigenvalue weighted by Crippen LogP contribution is 2.13. The largest absolute Gasteiger partial charge is 0.508 e. The number of aromatic hydroxyl groups is 1. The molecule has 5 N–H and O–H groups in total. The molecule has 0 aliphatic heterocycles. The SMILES string of the molecule is CCCC[C@H](N)CN[C@H](CN[C@H](C=Cc1ccccc1)CC(C)C)Cc1ccc(O)cc1.Cl.Cl.Cl. The normalized spacial score (nSPS) is 13.4. The van der Waals surface area contributed by atoms with Crippen LogP contribution in [-0.2, 0) is 6.42 Å². The Morgan fingerprint density at radius 1 is 0.914 bits per heavy atom. The third kappa shape index (κ3) is 16.2. The smallest absolute Gasteiger partial charge is 0.115 e. The molecule has 0 aliphatic carbocycles. The molecule has 0 bridgehead atoms. The molecule has 0 unspecified atom stereocenters. The molecule has 200 valence electrons. The van der Waals surface area contributed by atoms with E-state index in [-0.39, 0.29) is 49.3 Å². The van der Waals surface area contributed by atoms with Crippen molar-refractivity contribution in [2.24, 2.45) is 11.7 Å². The van der Waals surface area contributed by atoms with Gasteiger partial charge in [-0.05, 0) is 48.4 Å². The molecular weight excluding hydrogens is 501 g/mol. The van der Waals surface area contributed by atoms with Crippen LogP contribution in [0.3, 0.4) is 0 Å². The van der Waals surface area contributed by atoms with E-state index in [4.69, 9.17) is 5.73 Å². The van der Waals surface area contributed by atoms with Crippen molar-refractivity contribution in [2.45, 2.75) is 71.0 Å². The molecule has 2 aromatic rings. The second-order valence-electron chi connectivity index (χ2n) is 9.29. The predicted molar refractivity (Wildman–Crippen MR) is 160 cm³/mol. The molecule has 0 fully saturated rings. The number of unbranched alkanes of at least 4 members (excludes halogenated alkanes) is 1. The van der Waals surface area contributed by atoms with Crippen molar-refractivity contribution in [1.82, 2.24) is 10.6 Å². The fraction of sp³-hybridized carbons (Fsp3) is 0.500. The second-order valence-corrected chi connectivity index (χ2v) is 9.29. The molecule has 0 aliphatic rings. The second kappa shape index (κ2) is 20.9. The third-order valence-corrected chi connectivity index (χ3v) is 5.69. The van der Waals surface area contributed by atoms with E-state index in [1.54, 1.807) is 12.1 Å². The maximum atomic E-state index is 9.61. The van der Waals surface area contributed by atoms with Crippen molar-refractivity contribution in [3.8, 4) is 5.75 Å². The van der Waals surface area contributed by atoms with E-state index >= 15 is 0 Å². The van der Waals surface area contributed by atoms with Gasteiger partial charge in [0.2, 0.25) is 0 Å². The van der Waals surface area contributed by atoms with Crippen LogP contribution < -0.4 is 16.4 Å². The molecule has 2 rings (SSSR count). The van der Waals surface area contributed by atoms with E-state index in [0.29, 0.717) is 17.7 Å². The Bertz CT molecular complexity index is 773. The predicted octanol–water partition coefficient (Wildman–Crippen LogP) is 6.39. The first-order chi connectivity index (χ1) is 15.5. The molecule has 0 saturated carbocycles. The molecule has 0 saturated heterocycles. The molecule has 3 atom stereocenters. The van der Waals surface area contributed by atoms with Gasteiger partial charge in [-0.3, -0.25) is 0 Å². The lowest BCUT2D eigenvalue weighted by Gasteiger charge is -2.25. The van der Waals surface area contributed by atoms with Gasteiger partial charge in [0.05, 0.1) is 0 Å². The maximum absolute atomic E-state index is 9.61. The lowest BCUT2D eigenvalue weighted by molar-refractivity contribution is 0.403. The van der Waals surface area contributed by atoms with Crippen LogP contribution in [0.25, 0.3) is 6.08 Å². The zero-order chi connectivity index (χ0) is 23.2. The van der Waals surface area contributed by atoms with Gasteiger partial charge in [-0.1, -0.05) is 88.2 Å². The maximum Gasteiger partial charge on any atom is 0.115 e. The lowest BCUT2D eigenvalue weighted by atomic mass is 10.0. The fourth-order valence-corrected chi connectivity index (χ4v) is 3.84. The lowest BCUT2D eigenvalue weighted by Crippen LogP contribution is -2.47. The molecule has 35 heavy (non-hydrogen) atoms. The van der Waals surface area contributed by atoms with Gasteiger partial charge in [0.25, 0.3) is 0 Å². The Balaban J connectivity index is 0. The summed E-state index contributed by atoms with van der Waals surface area (Å²) in [6, 6.07) is 18.8. The Labute approximate surface area is 231 Å². The first-order valence-electron chi connectivity index (χ1n) is 12.2. The minimum Gasteiger partial charge on any atom is -0.508 e. The monoisotopic (exact) mass is 545 g/mol. The zero-order valence-corrected chi connectivity index (χ0v) is 23.8. The molecule has 0 radical (unpaired) electrons. The number of nitrogens with one attached hydrogen (secondary N) is 2. The molecule has 0 aromatic heterocycles. The minimum atomic E-state index is 0. The van der Waals surface area contributed by atoms with E-state index < -0.39 is 0 Å². The third-order valence-electron chi connectivity index (χ3n) is 5.69. The van der Waals surface area contributed by atoms with Gasteiger partial charge in [-0.15, -0.1) is 37.2 Å². The van der Waals surface area contributed by atoms with E-state index in [2.05, 4.69) is 67.8 Å². The van der Waals surface area contributed by atoms with E-state index in [1.165, 1.54) is 24.0 Å². The summed E-state index contributed by atoms with van der Waals surface area (Å²) in [6.07, 6.45) is 9.89. The van der Waals surface area contributed by atoms with Gasteiger partial charge in [0.1, 0.15) is 5.75 Å². The highest BCUT2D eigenvalue weighted by atomic mass is 35.5. The number of rotatable bonds is 15. The van der Waals surface area contributed by atoms with Crippen LogP contribution in [0.15, 0.2) is 60.7 Å². The van der Waals surface area contributed by atoms with Crippen molar-refractivity contribution in [2.75, 3.05) is 13.1 Å². The number of hydrogen-bond donors (Lipinski definition) is 4. The van der Waals surface area contributed by atoms with Gasteiger partial charge in [0.15, 0.2) is 0 Å². The minimum absolute atomic E-state index is 0. The van der Waals surface area contributed by atoms with Crippen LogP contribution in [0, 0.1) is 5.92 Å². The van der Waals surface area contributed by atoms with E-state index in [9.17, 15) is 5.11 Å². The van der Waals surface area contributed by atoms with Crippen LogP contribution in [0.5, 0.6) is 5.75 Å². The average molecular weight is 547 g/mol. The van der Waals surface area contributed by atoms with E-state index in [1.807, 2.05) is 18.2 Å². The van der Waals surface area contributed by atoms with Crippen LogP contribution in [0.2, 0.25) is 0 Å². The highest BCUT2D eigenvalue weighted by Gasteiger charge is 2.14. The number of phenolic OH excluding ortho intramolecular Hbond substituents is 1. The van der Waals surface area contributed by atoms with Gasteiger partial charge in [0, 0.05) is 31.2 Å². The number of halogens is 3. The summed E-state index contributed by atoms with van der Waals surface area (Å²) in [7, 11) is 0. The molecule has 4 nitrogen and oxygen atoms in total. The van der Waals surface area contributed by atoms with Gasteiger partial charge in [-0.2, -0.15) is 0 Å². The van der Waals surface area contributed by atoms with Crippen molar-refractivity contribution < 1.29 is 5.11 Å². The molecular formula is C28H46Cl3N3O. The number of phenols is 1. The van der Waals surface area contributed by atoms with E-state index in [0.717, 1.165) is 32.4 Å². The molecule has 7 heteroatoms.